The molecule has 6 nitrogen and oxygen atoms in total. The van der Waals surface area contributed by atoms with Gasteiger partial charge >= 0.3 is 0 Å². The van der Waals surface area contributed by atoms with Crippen molar-refractivity contribution in [2.24, 2.45) is 16.8 Å². The quantitative estimate of drug-likeness (QED) is 0.374. The maximum absolute atomic E-state index is 13.4. The first-order chi connectivity index (χ1) is 11.5. The molecule has 128 valence electrons. The Kier molecular flexibility index (Phi) is 5.94. The van der Waals surface area contributed by atoms with Gasteiger partial charge in [-0.15, -0.1) is 0 Å². The predicted molar refractivity (Wildman–Crippen MR) is 92.8 cm³/mol. The summed E-state index contributed by atoms with van der Waals surface area (Å²) in [6.07, 6.45) is 1.66. The van der Waals surface area contributed by atoms with Crippen LogP contribution in [0.1, 0.15) is 19.4 Å². The van der Waals surface area contributed by atoms with Gasteiger partial charge in [0.2, 0.25) is 5.88 Å². The van der Waals surface area contributed by atoms with Gasteiger partial charge in [-0.05, 0) is 43.2 Å². The highest BCUT2D eigenvalue weighted by Gasteiger charge is 2.13. The second-order valence-corrected chi connectivity index (χ2v) is 5.47. The summed E-state index contributed by atoms with van der Waals surface area (Å²) in [5, 5.41) is 4.98. The van der Waals surface area contributed by atoms with Crippen LogP contribution in [0.5, 0.6) is 5.88 Å². The van der Waals surface area contributed by atoms with Crippen LogP contribution in [-0.2, 0) is 6.54 Å². The molecule has 0 radical (unpaired) electrons. The molecule has 24 heavy (non-hydrogen) atoms. The molecule has 1 aromatic heterocycles. The van der Waals surface area contributed by atoms with Gasteiger partial charge < -0.3 is 10.6 Å². The van der Waals surface area contributed by atoms with Crippen molar-refractivity contribution in [3.63, 3.8) is 0 Å². The molecule has 0 atom stereocenters. The van der Waals surface area contributed by atoms with Crippen LogP contribution in [0.15, 0.2) is 35.6 Å². The van der Waals surface area contributed by atoms with Gasteiger partial charge in [0.15, 0.2) is 0 Å². The van der Waals surface area contributed by atoms with Crippen LogP contribution in [0.4, 0.5) is 4.39 Å². The van der Waals surface area contributed by atoms with Crippen molar-refractivity contribution in [3.8, 4) is 17.0 Å². The van der Waals surface area contributed by atoms with Crippen LogP contribution in [0.2, 0.25) is 5.02 Å². The van der Waals surface area contributed by atoms with Crippen LogP contribution in [0.25, 0.3) is 11.1 Å². The van der Waals surface area contributed by atoms with Gasteiger partial charge in [0, 0.05) is 11.8 Å². The topological polar surface area (TPSA) is 89.8 Å². The van der Waals surface area contributed by atoms with E-state index in [1.807, 2.05) is 13.0 Å². The Morgan fingerprint density at radius 3 is 2.79 bits per heavy atom. The van der Waals surface area contributed by atoms with E-state index in [0.717, 1.165) is 5.56 Å². The fourth-order valence-corrected chi connectivity index (χ4v) is 2.27. The number of pyridine rings is 1. The van der Waals surface area contributed by atoms with Gasteiger partial charge in [-0.25, -0.2) is 15.2 Å². The first-order valence-corrected chi connectivity index (χ1v) is 7.68. The van der Waals surface area contributed by atoms with E-state index in [1.165, 1.54) is 17.1 Å². The van der Waals surface area contributed by atoms with E-state index >= 15 is 0 Å². The summed E-state index contributed by atoms with van der Waals surface area (Å²) < 4.78 is 19.0. The third kappa shape index (κ3) is 4.12. The molecule has 2 rings (SSSR count). The van der Waals surface area contributed by atoms with Crippen LogP contribution >= 0.6 is 11.6 Å². The normalized spacial score (nSPS) is 11.5. The predicted octanol–water partition coefficient (Wildman–Crippen LogP) is 2.91. The van der Waals surface area contributed by atoms with Gasteiger partial charge in [-0.3, -0.25) is 5.01 Å². The zero-order valence-electron chi connectivity index (χ0n) is 13.5. The number of hydrogen-bond acceptors (Lipinski definition) is 5. The maximum Gasteiger partial charge on any atom is 0.221 e. The third-order valence-electron chi connectivity index (χ3n) is 3.37. The van der Waals surface area contributed by atoms with Crippen molar-refractivity contribution in [2.75, 3.05) is 6.61 Å². The lowest BCUT2D eigenvalue weighted by Gasteiger charge is -2.18. The Bertz CT molecular complexity index is 753. The lowest BCUT2D eigenvalue weighted by molar-refractivity contribution is 0.327. The summed E-state index contributed by atoms with van der Waals surface area (Å²) in [6, 6.07) is 6.33. The van der Waals surface area contributed by atoms with E-state index in [-0.39, 0.29) is 5.02 Å². The molecular formula is C16H19ClFN5O. The highest BCUT2D eigenvalue weighted by Crippen LogP contribution is 2.32. The molecule has 0 fully saturated rings. The Balaban J connectivity index is 2.43. The molecule has 1 aromatic carbocycles. The molecular weight excluding hydrogens is 333 g/mol. The summed E-state index contributed by atoms with van der Waals surface area (Å²) in [4.78, 5) is 4.32. The molecule has 4 N–H and O–H groups in total. The SMILES string of the molecule is CCOc1ncc(CN(N)/C(C)=N\N)cc1-c1ccc(F)c(Cl)c1. The first-order valence-electron chi connectivity index (χ1n) is 7.30. The van der Waals surface area contributed by atoms with Crippen LogP contribution in [0.3, 0.4) is 0 Å². The molecule has 0 spiro atoms. The lowest BCUT2D eigenvalue weighted by Crippen LogP contribution is -2.35. The van der Waals surface area contributed by atoms with E-state index in [0.29, 0.717) is 36.0 Å². The Labute approximate surface area is 144 Å². The molecule has 0 aliphatic rings. The number of hydrazine groups is 1. The summed E-state index contributed by atoms with van der Waals surface area (Å²) in [7, 11) is 0. The van der Waals surface area contributed by atoms with Crippen molar-refractivity contribution in [1.82, 2.24) is 9.99 Å². The molecule has 0 saturated carbocycles. The minimum absolute atomic E-state index is 0.0342. The Morgan fingerprint density at radius 1 is 1.42 bits per heavy atom. The molecule has 8 heteroatoms. The number of nitrogens with two attached hydrogens (primary N) is 2. The average Bonchev–Trinajstić information content (AvgIpc) is 2.58. The van der Waals surface area contributed by atoms with E-state index < -0.39 is 5.82 Å². The molecule has 0 aliphatic carbocycles. The molecule has 0 bridgehead atoms. The smallest absolute Gasteiger partial charge is 0.221 e. The number of hydrogen-bond donors (Lipinski definition) is 2. The minimum Gasteiger partial charge on any atom is -0.478 e. The van der Waals surface area contributed by atoms with E-state index in [4.69, 9.17) is 28.0 Å². The number of aromatic nitrogens is 1. The fourth-order valence-electron chi connectivity index (χ4n) is 2.09. The molecule has 0 unspecified atom stereocenters. The van der Waals surface area contributed by atoms with Gasteiger partial charge in [0.05, 0.1) is 18.2 Å². The van der Waals surface area contributed by atoms with Crippen molar-refractivity contribution in [3.05, 3.63) is 46.9 Å². The first kappa shape index (κ1) is 18.0. The number of halogens is 2. The monoisotopic (exact) mass is 351 g/mol. The van der Waals surface area contributed by atoms with Gasteiger partial charge in [-0.2, -0.15) is 5.10 Å². The summed E-state index contributed by atoms with van der Waals surface area (Å²) in [5.41, 5.74) is 2.22. The molecule has 0 saturated heterocycles. The summed E-state index contributed by atoms with van der Waals surface area (Å²) >= 11 is 5.88. The van der Waals surface area contributed by atoms with Gasteiger partial charge in [0.25, 0.3) is 0 Å². The number of amidine groups is 1. The Morgan fingerprint density at radius 2 is 2.17 bits per heavy atom. The zero-order valence-corrected chi connectivity index (χ0v) is 14.2. The van der Waals surface area contributed by atoms with E-state index in [1.54, 1.807) is 19.2 Å². The average molecular weight is 352 g/mol. The number of benzene rings is 1. The van der Waals surface area contributed by atoms with Crippen molar-refractivity contribution >= 4 is 17.4 Å². The number of hydrazone groups is 1. The molecule has 0 amide bonds. The van der Waals surface area contributed by atoms with Gasteiger partial charge in [0.1, 0.15) is 11.7 Å². The highest BCUT2D eigenvalue weighted by molar-refractivity contribution is 6.31. The van der Waals surface area contributed by atoms with Crippen molar-refractivity contribution in [2.45, 2.75) is 20.4 Å². The standard InChI is InChI=1S/C16H19ClFN5O/c1-3-24-16-13(12-4-5-15(18)14(17)7-12)6-11(8-21-16)9-23(20)10(2)22-19/h4-8H,3,9,19-20H2,1-2H3/b22-10-. The number of ether oxygens (including phenoxy) is 1. The van der Waals surface area contributed by atoms with Crippen LogP contribution in [-0.4, -0.2) is 22.4 Å². The van der Waals surface area contributed by atoms with Crippen LogP contribution in [0, 0.1) is 5.82 Å². The molecule has 1 heterocycles. The highest BCUT2D eigenvalue weighted by atomic mass is 35.5. The summed E-state index contributed by atoms with van der Waals surface area (Å²) in [6.45, 7) is 4.37. The summed E-state index contributed by atoms with van der Waals surface area (Å²) in [5.74, 6) is 11.5. The molecule has 2 aromatic rings. The second-order valence-electron chi connectivity index (χ2n) is 5.06. The second kappa shape index (κ2) is 7.94. The number of nitrogens with zero attached hydrogens (tertiary/aromatic N) is 3. The number of rotatable bonds is 5. The van der Waals surface area contributed by atoms with E-state index in [9.17, 15) is 4.39 Å². The van der Waals surface area contributed by atoms with Crippen LogP contribution < -0.4 is 16.4 Å². The Hall–Kier alpha value is -2.38. The van der Waals surface area contributed by atoms with Gasteiger partial charge in [-0.1, -0.05) is 17.7 Å². The van der Waals surface area contributed by atoms with Crippen molar-refractivity contribution in [1.29, 1.82) is 0 Å². The van der Waals surface area contributed by atoms with Crippen molar-refractivity contribution < 1.29 is 9.13 Å². The largest absolute Gasteiger partial charge is 0.478 e. The lowest BCUT2D eigenvalue weighted by atomic mass is 10.0. The van der Waals surface area contributed by atoms with E-state index in [2.05, 4.69) is 10.1 Å². The fraction of sp³-hybridized carbons (Fsp3) is 0.250. The zero-order chi connectivity index (χ0) is 17.7. The molecule has 0 aliphatic heterocycles. The third-order valence-corrected chi connectivity index (χ3v) is 3.66. The minimum atomic E-state index is -0.481. The maximum atomic E-state index is 13.4.